The fraction of sp³-hybridized carbons (Fsp3) is 0.385. The molecule has 0 heterocycles. The van der Waals surface area contributed by atoms with Crippen LogP contribution < -0.4 is 20.9 Å². The first kappa shape index (κ1) is 18.7. The molecular formula is C13H20N4O5S. The molecule has 1 atom stereocenters. The number of guanidine groups is 1. The number of aliphatic carboxylic acids is 1. The minimum atomic E-state index is -3.83. The van der Waals surface area contributed by atoms with E-state index in [1.165, 1.54) is 31.4 Å². The quantitative estimate of drug-likeness (QED) is 0.281. The number of nitrogens with one attached hydrogen (secondary N) is 1. The molecule has 0 aromatic heterocycles. The summed E-state index contributed by atoms with van der Waals surface area (Å²) in [5.41, 5.74) is 10.9. The van der Waals surface area contributed by atoms with Crippen LogP contribution in [0.4, 0.5) is 0 Å². The highest BCUT2D eigenvalue weighted by Gasteiger charge is 2.15. The first-order valence-corrected chi connectivity index (χ1v) is 8.19. The van der Waals surface area contributed by atoms with Gasteiger partial charge in [0.15, 0.2) is 0 Å². The summed E-state index contributed by atoms with van der Waals surface area (Å²) in [7, 11) is -2.36. The van der Waals surface area contributed by atoms with Gasteiger partial charge in [-0.25, -0.2) is 13.1 Å². The Kier molecular flexibility index (Phi) is 6.79. The summed E-state index contributed by atoms with van der Waals surface area (Å²) in [6.07, 6.45) is 0.593. The number of carboxylic acid groups (broad SMARTS) is 1. The van der Waals surface area contributed by atoms with Gasteiger partial charge in [0.05, 0.1) is 12.0 Å². The lowest BCUT2D eigenvalue weighted by Crippen LogP contribution is -2.37. The van der Waals surface area contributed by atoms with E-state index in [-0.39, 0.29) is 23.8 Å². The Labute approximate surface area is 134 Å². The lowest BCUT2D eigenvalue weighted by Gasteiger charge is -2.08. The summed E-state index contributed by atoms with van der Waals surface area (Å²) < 4.78 is 31.2. The molecule has 9 nitrogen and oxygen atoms in total. The van der Waals surface area contributed by atoms with Crippen molar-refractivity contribution < 1.29 is 23.1 Å². The highest BCUT2D eigenvalue weighted by atomic mass is 32.2. The Balaban J connectivity index is 2.58. The van der Waals surface area contributed by atoms with Crippen molar-refractivity contribution in [2.75, 3.05) is 13.7 Å². The topological polar surface area (TPSA) is 157 Å². The second kappa shape index (κ2) is 8.34. The second-order valence-electron chi connectivity index (χ2n) is 4.63. The number of ether oxygens (including phenoxy) is 1. The highest BCUT2D eigenvalue weighted by molar-refractivity contribution is 7.90. The van der Waals surface area contributed by atoms with Gasteiger partial charge in [-0.2, -0.15) is 0 Å². The zero-order valence-electron chi connectivity index (χ0n) is 12.6. The van der Waals surface area contributed by atoms with Crippen molar-refractivity contribution in [1.82, 2.24) is 4.72 Å². The van der Waals surface area contributed by atoms with Gasteiger partial charge in [0.1, 0.15) is 11.8 Å². The van der Waals surface area contributed by atoms with E-state index in [4.69, 9.17) is 21.3 Å². The van der Waals surface area contributed by atoms with Crippen molar-refractivity contribution in [3.63, 3.8) is 0 Å². The SMILES string of the molecule is COc1ccc(S(=O)(=O)NC(N)=NCCC[C@@H](N)C(=O)O)cc1. The van der Waals surface area contributed by atoms with Crippen LogP contribution in [0.25, 0.3) is 0 Å². The molecule has 0 radical (unpaired) electrons. The standard InChI is InChI=1S/C13H20N4O5S/c1-22-9-4-6-10(7-5-9)23(20,21)17-13(15)16-8-2-3-11(14)12(18)19/h4-7,11H,2-3,8,14H2,1H3,(H,18,19)(H3,15,16,17)/t11-/m1/s1. The number of carbonyl (C=O) groups is 1. The zero-order valence-corrected chi connectivity index (χ0v) is 13.4. The number of carboxylic acids is 1. The molecule has 0 aliphatic rings. The van der Waals surface area contributed by atoms with Crippen LogP contribution >= 0.6 is 0 Å². The largest absolute Gasteiger partial charge is 0.497 e. The third-order valence-corrected chi connectivity index (χ3v) is 4.25. The molecule has 0 amide bonds. The Morgan fingerprint density at radius 2 is 2.00 bits per heavy atom. The zero-order chi connectivity index (χ0) is 17.5. The van der Waals surface area contributed by atoms with E-state index < -0.39 is 22.0 Å². The smallest absolute Gasteiger partial charge is 0.320 e. The predicted molar refractivity (Wildman–Crippen MR) is 84.7 cm³/mol. The van der Waals surface area contributed by atoms with Crippen LogP contribution in [-0.2, 0) is 14.8 Å². The number of aliphatic imine (C=N–C) groups is 1. The van der Waals surface area contributed by atoms with Crippen molar-refractivity contribution in [3.05, 3.63) is 24.3 Å². The van der Waals surface area contributed by atoms with E-state index in [9.17, 15) is 13.2 Å². The van der Waals surface area contributed by atoms with Gasteiger partial charge in [-0.1, -0.05) is 0 Å². The van der Waals surface area contributed by atoms with Crippen molar-refractivity contribution in [2.24, 2.45) is 16.5 Å². The van der Waals surface area contributed by atoms with Gasteiger partial charge in [0, 0.05) is 6.54 Å². The maximum Gasteiger partial charge on any atom is 0.320 e. The van der Waals surface area contributed by atoms with Crippen LogP contribution in [0, 0.1) is 0 Å². The monoisotopic (exact) mass is 344 g/mol. The van der Waals surface area contributed by atoms with Gasteiger partial charge in [-0.3, -0.25) is 9.79 Å². The van der Waals surface area contributed by atoms with Crippen molar-refractivity contribution in [2.45, 2.75) is 23.8 Å². The Morgan fingerprint density at radius 3 is 2.52 bits per heavy atom. The fourth-order valence-corrected chi connectivity index (χ4v) is 2.57. The molecule has 0 saturated heterocycles. The summed E-state index contributed by atoms with van der Waals surface area (Å²) in [6, 6.07) is 4.80. The molecular weight excluding hydrogens is 324 g/mol. The van der Waals surface area contributed by atoms with Gasteiger partial charge < -0.3 is 21.3 Å². The molecule has 1 aromatic rings. The van der Waals surface area contributed by atoms with Gasteiger partial charge in [0.25, 0.3) is 10.0 Å². The molecule has 0 spiro atoms. The van der Waals surface area contributed by atoms with Crippen LogP contribution in [0.1, 0.15) is 12.8 Å². The highest BCUT2D eigenvalue weighted by Crippen LogP contribution is 2.15. The number of nitrogens with zero attached hydrogens (tertiary/aromatic N) is 1. The third-order valence-electron chi connectivity index (χ3n) is 2.88. The number of sulfonamides is 1. The maximum absolute atomic E-state index is 12.1. The number of nitrogens with two attached hydrogens (primary N) is 2. The first-order valence-electron chi connectivity index (χ1n) is 6.71. The van der Waals surface area contributed by atoms with E-state index >= 15 is 0 Å². The number of benzene rings is 1. The molecule has 6 N–H and O–H groups in total. The summed E-state index contributed by atoms with van der Waals surface area (Å²) >= 11 is 0. The molecule has 0 bridgehead atoms. The molecule has 1 rings (SSSR count). The second-order valence-corrected chi connectivity index (χ2v) is 6.32. The summed E-state index contributed by atoms with van der Waals surface area (Å²) in [5, 5.41) is 8.62. The summed E-state index contributed by atoms with van der Waals surface area (Å²) in [6.45, 7) is 0.165. The molecule has 128 valence electrons. The Hall–Kier alpha value is -2.33. The van der Waals surface area contributed by atoms with E-state index in [2.05, 4.69) is 9.71 Å². The van der Waals surface area contributed by atoms with Crippen molar-refractivity contribution >= 4 is 22.0 Å². The lowest BCUT2D eigenvalue weighted by molar-refractivity contribution is -0.138. The van der Waals surface area contributed by atoms with Gasteiger partial charge >= 0.3 is 5.97 Å². The minimum absolute atomic E-state index is 0.0179. The molecule has 0 unspecified atom stereocenters. The Morgan fingerprint density at radius 1 is 1.39 bits per heavy atom. The molecule has 0 fully saturated rings. The average molecular weight is 344 g/mol. The van der Waals surface area contributed by atoms with Gasteiger partial charge in [0.2, 0.25) is 5.96 Å². The van der Waals surface area contributed by atoms with Crippen LogP contribution in [0.2, 0.25) is 0 Å². The number of hydrogen-bond donors (Lipinski definition) is 4. The number of rotatable bonds is 8. The molecule has 10 heteroatoms. The lowest BCUT2D eigenvalue weighted by atomic mass is 10.2. The predicted octanol–water partition coefficient (Wildman–Crippen LogP) is -0.520. The van der Waals surface area contributed by atoms with Crippen LogP contribution in [0.3, 0.4) is 0 Å². The Bertz CT molecular complexity index is 657. The average Bonchev–Trinajstić information content (AvgIpc) is 2.50. The number of hydrogen-bond acceptors (Lipinski definition) is 6. The van der Waals surface area contributed by atoms with E-state index in [1.54, 1.807) is 0 Å². The van der Waals surface area contributed by atoms with Gasteiger partial charge in [-0.15, -0.1) is 0 Å². The fourth-order valence-electron chi connectivity index (χ4n) is 1.62. The summed E-state index contributed by atoms with van der Waals surface area (Å²) in [5.74, 6) is -0.841. The maximum atomic E-state index is 12.1. The molecule has 23 heavy (non-hydrogen) atoms. The molecule has 1 aromatic carbocycles. The first-order chi connectivity index (χ1) is 10.8. The van der Waals surface area contributed by atoms with Gasteiger partial charge in [-0.05, 0) is 37.1 Å². The molecule has 0 aliphatic carbocycles. The van der Waals surface area contributed by atoms with Crippen LogP contribution in [-0.4, -0.2) is 45.1 Å². The molecule has 0 aliphatic heterocycles. The minimum Gasteiger partial charge on any atom is -0.497 e. The van der Waals surface area contributed by atoms with Crippen molar-refractivity contribution in [3.8, 4) is 5.75 Å². The van der Waals surface area contributed by atoms with E-state index in [1.807, 2.05) is 0 Å². The normalized spacial score (nSPS) is 13.4. The van der Waals surface area contributed by atoms with E-state index in [0.717, 1.165) is 0 Å². The number of methoxy groups -OCH3 is 1. The van der Waals surface area contributed by atoms with Crippen LogP contribution in [0.5, 0.6) is 5.75 Å². The van der Waals surface area contributed by atoms with Crippen LogP contribution in [0.15, 0.2) is 34.2 Å². The third kappa shape index (κ3) is 6.12. The van der Waals surface area contributed by atoms with Crippen molar-refractivity contribution in [1.29, 1.82) is 0 Å². The molecule has 0 saturated carbocycles. The summed E-state index contributed by atoms with van der Waals surface area (Å²) in [4.78, 5) is 14.4. The van der Waals surface area contributed by atoms with E-state index in [0.29, 0.717) is 12.2 Å².